The van der Waals surface area contributed by atoms with Gasteiger partial charge >= 0.3 is 0 Å². The average molecular weight is 303 g/mol. The summed E-state index contributed by atoms with van der Waals surface area (Å²) in [7, 11) is 0. The zero-order valence-corrected chi connectivity index (χ0v) is 13.0. The van der Waals surface area contributed by atoms with E-state index in [1.54, 1.807) is 6.07 Å². The monoisotopic (exact) mass is 303 g/mol. The SMILES string of the molecule is Cc1noc(C)c1CN1CCCC(NC(=O)c2ccoc2)C1. The zero-order chi connectivity index (χ0) is 15.5. The molecule has 1 unspecified atom stereocenters. The van der Waals surface area contributed by atoms with Crippen LogP contribution in [-0.2, 0) is 6.54 Å². The summed E-state index contributed by atoms with van der Waals surface area (Å²) < 4.78 is 10.2. The van der Waals surface area contributed by atoms with E-state index in [0.717, 1.165) is 49.5 Å². The molecular formula is C16H21N3O3. The molecule has 0 aromatic carbocycles. The second kappa shape index (κ2) is 6.36. The Morgan fingerprint density at radius 2 is 2.36 bits per heavy atom. The Hall–Kier alpha value is -2.08. The molecule has 6 nitrogen and oxygen atoms in total. The van der Waals surface area contributed by atoms with E-state index < -0.39 is 0 Å². The van der Waals surface area contributed by atoms with E-state index in [-0.39, 0.29) is 11.9 Å². The minimum absolute atomic E-state index is 0.0714. The van der Waals surface area contributed by atoms with Crippen LogP contribution >= 0.6 is 0 Å². The van der Waals surface area contributed by atoms with Crippen LogP contribution in [0.3, 0.4) is 0 Å². The molecule has 1 amide bonds. The van der Waals surface area contributed by atoms with E-state index in [1.165, 1.54) is 12.5 Å². The number of nitrogens with zero attached hydrogens (tertiary/aromatic N) is 2. The maximum absolute atomic E-state index is 12.1. The highest BCUT2D eigenvalue weighted by atomic mass is 16.5. The topological polar surface area (TPSA) is 71.5 Å². The normalized spacial score (nSPS) is 19.3. The smallest absolute Gasteiger partial charge is 0.254 e. The molecule has 1 atom stereocenters. The third kappa shape index (κ3) is 3.22. The Kier molecular flexibility index (Phi) is 4.29. The van der Waals surface area contributed by atoms with E-state index >= 15 is 0 Å². The van der Waals surface area contributed by atoms with E-state index in [1.807, 2.05) is 13.8 Å². The van der Waals surface area contributed by atoms with Crippen molar-refractivity contribution in [3.63, 3.8) is 0 Å². The number of amides is 1. The predicted molar refractivity (Wildman–Crippen MR) is 80.5 cm³/mol. The maximum Gasteiger partial charge on any atom is 0.254 e. The summed E-state index contributed by atoms with van der Waals surface area (Å²) in [5.41, 5.74) is 2.67. The lowest BCUT2D eigenvalue weighted by molar-refractivity contribution is 0.0899. The van der Waals surface area contributed by atoms with Crippen molar-refractivity contribution in [3.8, 4) is 0 Å². The highest BCUT2D eigenvalue weighted by Crippen LogP contribution is 2.18. The first-order chi connectivity index (χ1) is 10.6. The number of hydrogen-bond donors (Lipinski definition) is 1. The molecule has 6 heteroatoms. The number of nitrogens with one attached hydrogen (secondary N) is 1. The van der Waals surface area contributed by atoms with E-state index in [9.17, 15) is 4.79 Å². The molecule has 3 heterocycles. The second-order valence-electron chi connectivity index (χ2n) is 5.86. The maximum atomic E-state index is 12.1. The van der Waals surface area contributed by atoms with Gasteiger partial charge in [-0.15, -0.1) is 0 Å². The molecule has 0 radical (unpaired) electrons. The van der Waals surface area contributed by atoms with Crippen molar-refractivity contribution in [2.75, 3.05) is 13.1 Å². The number of carbonyl (C=O) groups excluding carboxylic acids is 1. The third-order valence-corrected chi connectivity index (χ3v) is 4.19. The van der Waals surface area contributed by atoms with Crippen molar-refractivity contribution in [3.05, 3.63) is 41.2 Å². The molecule has 0 bridgehead atoms. The first-order valence-electron chi connectivity index (χ1n) is 7.60. The highest BCUT2D eigenvalue weighted by Gasteiger charge is 2.23. The van der Waals surface area contributed by atoms with Crippen LogP contribution in [-0.4, -0.2) is 35.1 Å². The van der Waals surface area contributed by atoms with Gasteiger partial charge in [0.15, 0.2) is 0 Å². The quantitative estimate of drug-likeness (QED) is 0.938. The Balaban J connectivity index is 1.59. The van der Waals surface area contributed by atoms with Gasteiger partial charge in [0.25, 0.3) is 5.91 Å². The van der Waals surface area contributed by atoms with Crippen molar-refractivity contribution in [1.29, 1.82) is 0 Å². The summed E-state index contributed by atoms with van der Waals surface area (Å²) in [6, 6.07) is 1.84. The Morgan fingerprint density at radius 1 is 1.50 bits per heavy atom. The molecule has 2 aromatic heterocycles. The fraction of sp³-hybridized carbons (Fsp3) is 0.500. The van der Waals surface area contributed by atoms with Crippen LogP contribution in [0.2, 0.25) is 0 Å². The number of furan rings is 1. The molecule has 1 saturated heterocycles. The summed E-state index contributed by atoms with van der Waals surface area (Å²) in [6.45, 7) is 6.60. The number of aromatic nitrogens is 1. The van der Waals surface area contributed by atoms with Crippen LogP contribution in [0.15, 0.2) is 27.5 Å². The Morgan fingerprint density at radius 3 is 3.05 bits per heavy atom. The van der Waals surface area contributed by atoms with Crippen molar-refractivity contribution in [1.82, 2.24) is 15.4 Å². The van der Waals surface area contributed by atoms with Gasteiger partial charge in [-0.2, -0.15) is 0 Å². The van der Waals surface area contributed by atoms with Gasteiger partial charge < -0.3 is 14.3 Å². The lowest BCUT2D eigenvalue weighted by Crippen LogP contribution is -2.47. The van der Waals surface area contributed by atoms with Crippen LogP contribution in [0, 0.1) is 13.8 Å². The van der Waals surface area contributed by atoms with Crippen LogP contribution in [0.25, 0.3) is 0 Å². The number of hydrogen-bond acceptors (Lipinski definition) is 5. The van der Waals surface area contributed by atoms with Gasteiger partial charge in [-0.1, -0.05) is 5.16 Å². The van der Waals surface area contributed by atoms with Gasteiger partial charge in [-0.05, 0) is 39.3 Å². The predicted octanol–water partition coefficient (Wildman–Crippen LogP) is 2.28. The zero-order valence-electron chi connectivity index (χ0n) is 13.0. The summed E-state index contributed by atoms with van der Waals surface area (Å²) >= 11 is 0. The minimum atomic E-state index is -0.0714. The second-order valence-corrected chi connectivity index (χ2v) is 5.86. The Labute approximate surface area is 129 Å². The first kappa shape index (κ1) is 14.8. The van der Waals surface area contributed by atoms with Crippen LogP contribution < -0.4 is 5.32 Å². The standard InChI is InChI=1S/C16H21N3O3/c1-11-15(12(2)22-18-11)9-19-6-3-4-14(8-19)17-16(20)13-5-7-21-10-13/h5,7,10,14H,3-4,6,8-9H2,1-2H3,(H,17,20). The number of rotatable bonds is 4. The van der Waals surface area contributed by atoms with Crippen LogP contribution in [0.1, 0.15) is 40.2 Å². The molecule has 1 fully saturated rings. The van der Waals surface area contributed by atoms with Gasteiger partial charge in [0.2, 0.25) is 0 Å². The highest BCUT2D eigenvalue weighted by molar-refractivity contribution is 5.93. The Bertz CT molecular complexity index is 614. The van der Waals surface area contributed by atoms with Crippen molar-refractivity contribution < 1.29 is 13.7 Å². The molecule has 0 spiro atoms. The van der Waals surface area contributed by atoms with Gasteiger partial charge in [-0.25, -0.2) is 0 Å². The molecule has 3 rings (SSSR count). The van der Waals surface area contributed by atoms with E-state index in [2.05, 4.69) is 15.4 Å². The van der Waals surface area contributed by atoms with Crippen LogP contribution in [0.4, 0.5) is 0 Å². The fourth-order valence-corrected chi connectivity index (χ4v) is 2.93. The van der Waals surface area contributed by atoms with Gasteiger partial charge in [0.1, 0.15) is 12.0 Å². The number of likely N-dealkylation sites (tertiary alicyclic amines) is 1. The van der Waals surface area contributed by atoms with Crippen LogP contribution in [0.5, 0.6) is 0 Å². The van der Waals surface area contributed by atoms with Crippen molar-refractivity contribution in [2.45, 2.75) is 39.3 Å². The molecule has 1 N–H and O–H groups in total. The lowest BCUT2D eigenvalue weighted by Gasteiger charge is -2.33. The van der Waals surface area contributed by atoms with Crippen molar-refractivity contribution in [2.24, 2.45) is 0 Å². The third-order valence-electron chi connectivity index (χ3n) is 4.19. The summed E-state index contributed by atoms with van der Waals surface area (Å²) in [5, 5.41) is 7.08. The first-order valence-corrected chi connectivity index (χ1v) is 7.60. The van der Waals surface area contributed by atoms with Gasteiger partial charge in [0, 0.05) is 24.7 Å². The summed E-state index contributed by atoms with van der Waals surface area (Å²) in [4.78, 5) is 14.4. The molecular weight excluding hydrogens is 282 g/mol. The summed E-state index contributed by atoms with van der Waals surface area (Å²) in [5.74, 6) is 0.806. The number of piperidine rings is 1. The summed E-state index contributed by atoms with van der Waals surface area (Å²) in [6.07, 6.45) is 5.06. The average Bonchev–Trinajstić information content (AvgIpc) is 3.13. The molecule has 0 aliphatic carbocycles. The van der Waals surface area contributed by atoms with E-state index in [0.29, 0.717) is 5.56 Å². The van der Waals surface area contributed by atoms with Gasteiger partial charge in [-0.3, -0.25) is 9.69 Å². The minimum Gasteiger partial charge on any atom is -0.472 e. The molecule has 22 heavy (non-hydrogen) atoms. The lowest BCUT2D eigenvalue weighted by atomic mass is 10.0. The van der Waals surface area contributed by atoms with Gasteiger partial charge in [0.05, 0.1) is 17.5 Å². The van der Waals surface area contributed by atoms with Crippen molar-refractivity contribution >= 4 is 5.91 Å². The largest absolute Gasteiger partial charge is 0.472 e. The number of carbonyl (C=O) groups is 1. The molecule has 1 aliphatic rings. The number of aryl methyl sites for hydroxylation is 2. The molecule has 118 valence electrons. The molecule has 0 saturated carbocycles. The van der Waals surface area contributed by atoms with E-state index in [4.69, 9.17) is 8.94 Å². The fourth-order valence-electron chi connectivity index (χ4n) is 2.93. The molecule has 2 aromatic rings. The molecule has 1 aliphatic heterocycles.